The summed E-state index contributed by atoms with van der Waals surface area (Å²) in [5.41, 5.74) is 6.99. The molecule has 0 bridgehead atoms. The molecule has 2 aliphatic rings. The number of carbonyl (C=O) groups excluding carboxylic acids is 2. The SMILES string of the molecule is Cl.Cl.NC[C@H]1CC[C@@H](C(=O)Nc2ccc(NC(=O)CCN3CCCCC3)cc2)O1. The molecule has 0 radical (unpaired) electrons. The van der Waals surface area contributed by atoms with Crippen LogP contribution >= 0.6 is 24.8 Å². The van der Waals surface area contributed by atoms with E-state index in [0.29, 0.717) is 25.1 Å². The highest BCUT2D eigenvalue weighted by atomic mass is 35.5. The van der Waals surface area contributed by atoms with E-state index in [4.69, 9.17) is 10.5 Å². The van der Waals surface area contributed by atoms with E-state index in [1.807, 2.05) is 0 Å². The quantitative estimate of drug-likeness (QED) is 0.598. The number of hydrogen-bond donors (Lipinski definition) is 3. The number of amides is 2. The zero-order valence-electron chi connectivity index (χ0n) is 16.6. The number of carbonyl (C=O) groups is 2. The summed E-state index contributed by atoms with van der Waals surface area (Å²) < 4.78 is 5.60. The van der Waals surface area contributed by atoms with Crippen LogP contribution in [0, 0.1) is 0 Å². The van der Waals surface area contributed by atoms with Crippen LogP contribution in [0.3, 0.4) is 0 Å². The molecule has 4 N–H and O–H groups in total. The van der Waals surface area contributed by atoms with Crippen LogP contribution in [-0.2, 0) is 14.3 Å². The zero-order valence-corrected chi connectivity index (χ0v) is 18.2. The average molecular weight is 447 g/mol. The standard InChI is InChI=1S/C20H30N4O3.2ClH/c21-14-17-8-9-18(27-17)20(26)23-16-6-4-15(5-7-16)22-19(25)10-13-24-11-2-1-3-12-24;;/h4-7,17-18H,1-3,8-14,21H2,(H,22,25)(H,23,26);2*1H/t17-,18+;;/m1../s1. The number of hydrogen-bond acceptors (Lipinski definition) is 5. The number of halogens is 2. The van der Waals surface area contributed by atoms with Gasteiger partial charge in [-0.15, -0.1) is 24.8 Å². The number of anilines is 2. The molecule has 0 aromatic heterocycles. The molecule has 164 valence electrons. The van der Waals surface area contributed by atoms with E-state index >= 15 is 0 Å². The lowest BCUT2D eigenvalue weighted by Gasteiger charge is -2.25. The lowest BCUT2D eigenvalue weighted by atomic mass is 10.1. The number of nitrogens with one attached hydrogen (secondary N) is 2. The third kappa shape index (κ3) is 8.10. The second-order valence-corrected chi connectivity index (χ2v) is 7.33. The van der Waals surface area contributed by atoms with Crippen LogP contribution in [0.2, 0.25) is 0 Å². The normalized spacial score (nSPS) is 21.6. The molecule has 2 heterocycles. The Labute approximate surface area is 184 Å². The first-order chi connectivity index (χ1) is 13.1. The van der Waals surface area contributed by atoms with Gasteiger partial charge in [0.15, 0.2) is 0 Å². The van der Waals surface area contributed by atoms with Crippen molar-refractivity contribution in [2.45, 2.75) is 50.7 Å². The van der Waals surface area contributed by atoms with Gasteiger partial charge in [-0.1, -0.05) is 6.42 Å². The third-order valence-corrected chi connectivity index (χ3v) is 5.20. The molecule has 9 heteroatoms. The van der Waals surface area contributed by atoms with E-state index in [0.717, 1.165) is 31.7 Å². The van der Waals surface area contributed by atoms with Gasteiger partial charge in [0, 0.05) is 30.9 Å². The summed E-state index contributed by atoms with van der Waals surface area (Å²) in [6.45, 7) is 3.44. The number of ether oxygens (including phenoxy) is 1. The molecule has 0 saturated carbocycles. The van der Waals surface area contributed by atoms with E-state index in [2.05, 4.69) is 15.5 Å². The average Bonchev–Trinajstić information content (AvgIpc) is 3.18. The summed E-state index contributed by atoms with van der Waals surface area (Å²) in [6, 6.07) is 7.17. The predicted octanol–water partition coefficient (Wildman–Crippen LogP) is 2.79. The Balaban J connectivity index is 0.00000210. The second kappa shape index (κ2) is 13.0. The monoisotopic (exact) mass is 446 g/mol. The smallest absolute Gasteiger partial charge is 0.253 e. The summed E-state index contributed by atoms with van der Waals surface area (Å²) in [5.74, 6) is -0.131. The van der Waals surface area contributed by atoms with Crippen molar-refractivity contribution in [3.05, 3.63) is 24.3 Å². The largest absolute Gasteiger partial charge is 0.364 e. The van der Waals surface area contributed by atoms with Gasteiger partial charge in [0.25, 0.3) is 5.91 Å². The molecule has 3 rings (SSSR count). The molecule has 29 heavy (non-hydrogen) atoms. The van der Waals surface area contributed by atoms with Crippen molar-refractivity contribution in [3.63, 3.8) is 0 Å². The van der Waals surface area contributed by atoms with Gasteiger partial charge >= 0.3 is 0 Å². The molecule has 0 unspecified atom stereocenters. The number of rotatable bonds is 7. The molecule has 0 spiro atoms. The number of likely N-dealkylation sites (tertiary alicyclic amines) is 1. The fourth-order valence-electron chi connectivity index (χ4n) is 3.60. The Bertz CT molecular complexity index is 639. The van der Waals surface area contributed by atoms with Crippen molar-refractivity contribution in [2.24, 2.45) is 5.73 Å². The molecule has 2 aliphatic heterocycles. The van der Waals surface area contributed by atoms with Crippen molar-refractivity contribution in [2.75, 3.05) is 36.8 Å². The molecule has 2 amide bonds. The van der Waals surface area contributed by atoms with Crippen molar-refractivity contribution in [3.8, 4) is 0 Å². The van der Waals surface area contributed by atoms with E-state index in [-0.39, 0.29) is 42.7 Å². The van der Waals surface area contributed by atoms with Crippen LogP contribution in [-0.4, -0.2) is 55.1 Å². The van der Waals surface area contributed by atoms with Crippen LogP contribution in [0.15, 0.2) is 24.3 Å². The molecule has 2 fully saturated rings. The molecular weight excluding hydrogens is 415 g/mol. The predicted molar refractivity (Wildman–Crippen MR) is 120 cm³/mol. The van der Waals surface area contributed by atoms with Crippen LogP contribution in [0.5, 0.6) is 0 Å². The lowest BCUT2D eigenvalue weighted by molar-refractivity contribution is -0.126. The summed E-state index contributed by atoms with van der Waals surface area (Å²) in [6.07, 6.45) is 5.30. The van der Waals surface area contributed by atoms with Crippen molar-refractivity contribution in [1.29, 1.82) is 0 Å². The molecule has 1 aromatic carbocycles. The van der Waals surface area contributed by atoms with Crippen molar-refractivity contribution >= 4 is 48.0 Å². The minimum Gasteiger partial charge on any atom is -0.364 e. The van der Waals surface area contributed by atoms with Gasteiger partial charge in [0.05, 0.1) is 6.10 Å². The first-order valence-corrected chi connectivity index (χ1v) is 9.92. The summed E-state index contributed by atoms with van der Waals surface area (Å²) >= 11 is 0. The van der Waals surface area contributed by atoms with Gasteiger partial charge in [0.2, 0.25) is 5.91 Å². The second-order valence-electron chi connectivity index (χ2n) is 7.33. The van der Waals surface area contributed by atoms with E-state index in [1.165, 1.54) is 19.3 Å². The maximum absolute atomic E-state index is 12.2. The minimum absolute atomic E-state index is 0. The van der Waals surface area contributed by atoms with Crippen LogP contribution in [0.4, 0.5) is 11.4 Å². The molecular formula is C20H32Cl2N4O3. The van der Waals surface area contributed by atoms with E-state index in [9.17, 15) is 9.59 Å². The van der Waals surface area contributed by atoms with Gasteiger partial charge in [-0.05, 0) is 63.0 Å². The highest BCUT2D eigenvalue weighted by Gasteiger charge is 2.29. The van der Waals surface area contributed by atoms with Crippen molar-refractivity contribution < 1.29 is 14.3 Å². The summed E-state index contributed by atoms with van der Waals surface area (Å²) in [7, 11) is 0. The highest BCUT2D eigenvalue weighted by Crippen LogP contribution is 2.21. The molecule has 7 nitrogen and oxygen atoms in total. The Morgan fingerprint density at radius 1 is 1.00 bits per heavy atom. The van der Waals surface area contributed by atoms with E-state index < -0.39 is 6.10 Å². The number of piperidine rings is 1. The van der Waals surface area contributed by atoms with Crippen LogP contribution in [0.25, 0.3) is 0 Å². The third-order valence-electron chi connectivity index (χ3n) is 5.20. The van der Waals surface area contributed by atoms with Crippen LogP contribution in [0.1, 0.15) is 38.5 Å². The van der Waals surface area contributed by atoms with E-state index in [1.54, 1.807) is 24.3 Å². The van der Waals surface area contributed by atoms with Gasteiger partial charge in [-0.25, -0.2) is 0 Å². The first-order valence-electron chi connectivity index (χ1n) is 9.92. The Morgan fingerprint density at radius 2 is 1.62 bits per heavy atom. The minimum atomic E-state index is -0.437. The van der Waals surface area contributed by atoms with Gasteiger partial charge in [0.1, 0.15) is 6.10 Å². The van der Waals surface area contributed by atoms with Crippen LogP contribution < -0.4 is 16.4 Å². The number of nitrogens with zero attached hydrogens (tertiary/aromatic N) is 1. The maximum Gasteiger partial charge on any atom is 0.253 e. The Kier molecular flexibility index (Phi) is 11.5. The number of nitrogens with two attached hydrogens (primary N) is 1. The number of benzene rings is 1. The Hall–Kier alpha value is -1.38. The highest BCUT2D eigenvalue weighted by molar-refractivity contribution is 5.95. The fraction of sp³-hybridized carbons (Fsp3) is 0.600. The fourth-order valence-corrected chi connectivity index (χ4v) is 3.60. The van der Waals surface area contributed by atoms with Gasteiger partial charge in [-0.3, -0.25) is 9.59 Å². The summed E-state index contributed by atoms with van der Waals surface area (Å²) in [4.78, 5) is 26.7. The molecule has 1 aromatic rings. The van der Waals surface area contributed by atoms with Gasteiger partial charge in [-0.2, -0.15) is 0 Å². The van der Waals surface area contributed by atoms with Gasteiger partial charge < -0.3 is 26.0 Å². The lowest BCUT2D eigenvalue weighted by Crippen LogP contribution is -2.32. The molecule has 2 atom stereocenters. The maximum atomic E-state index is 12.2. The zero-order chi connectivity index (χ0) is 19.1. The Morgan fingerprint density at radius 3 is 2.21 bits per heavy atom. The molecule has 0 aliphatic carbocycles. The molecule has 2 saturated heterocycles. The first kappa shape index (κ1) is 25.7. The summed E-state index contributed by atoms with van der Waals surface area (Å²) in [5, 5.41) is 5.77. The topological polar surface area (TPSA) is 96.7 Å². The van der Waals surface area contributed by atoms with Crippen molar-refractivity contribution in [1.82, 2.24) is 4.90 Å².